The predicted molar refractivity (Wildman–Crippen MR) is 64.4 cm³/mol. The Balaban J connectivity index is 2.33. The molecule has 4 heteroatoms. The highest BCUT2D eigenvalue weighted by Crippen LogP contribution is 2.34. The van der Waals surface area contributed by atoms with Crippen molar-refractivity contribution >= 4 is 5.97 Å². The van der Waals surface area contributed by atoms with Gasteiger partial charge in [-0.25, -0.2) is 4.79 Å². The molecule has 1 aromatic heterocycles. The molecule has 2 unspecified atom stereocenters. The van der Waals surface area contributed by atoms with Crippen LogP contribution in [-0.4, -0.2) is 16.1 Å². The lowest BCUT2D eigenvalue weighted by molar-refractivity contribution is 0.0696. The van der Waals surface area contributed by atoms with E-state index in [1.165, 1.54) is 18.7 Å². The minimum atomic E-state index is -0.994. The predicted octanol–water partition coefficient (Wildman–Crippen LogP) is 2.37. The third-order valence-corrected chi connectivity index (χ3v) is 3.56. The Morgan fingerprint density at radius 1 is 1.47 bits per heavy atom. The van der Waals surface area contributed by atoms with Crippen molar-refractivity contribution in [2.45, 2.75) is 38.5 Å². The van der Waals surface area contributed by atoms with Crippen molar-refractivity contribution < 1.29 is 9.90 Å². The number of aromatic amines is 1. The molecule has 2 atom stereocenters. The third-order valence-electron chi connectivity index (χ3n) is 3.56. The van der Waals surface area contributed by atoms with Gasteiger partial charge in [0, 0.05) is 11.8 Å². The summed E-state index contributed by atoms with van der Waals surface area (Å²) >= 11 is 0. The van der Waals surface area contributed by atoms with Gasteiger partial charge in [0.2, 0.25) is 0 Å². The van der Waals surface area contributed by atoms with Crippen LogP contribution in [0.15, 0.2) is 17.1 Å². The molecule has 1 aliphatic rings. The second-order valence-corrected chi connectivity index (χ2v) is 4.95. The van der Waals surface area contributed by atoms with Crippen LogP contribution in [0.2, 0.25) is 0 Å². The average Bonchev–Trinajstić information content (AvgIpc) is 2.29. The van der Waals surface area contributed by atoms with Crippen LogP contribution < -0.4 is 5.56 Å². The van der Waals surface area contributed by atoms with Gasteiger partial charge in [-0.05, 0) is 30.7 Å². The Morgan fingerprint density at radius 2 is 2.24 bits per heavy atom. The first kappa shape index (κ1) is 11.9. The van der Waals surface area contributed by atoms with Gasteiger partial charge in [-0.15, -0.1) is 0 Å². The summed E-state index contributed by atoms with van der Waals surface area (Å²) in [5, 5.41) is 8.93. The average molecular weight is 235 g/mol. The summed E-state index contributed by atoms with van der Waals surface area (Å²) in [5.41, 5.74) is 0.656. The highest BCUT2D eigenvalue weighted by atomic mass is 16.4. The standard InChI is InChI=1S/C13H17NO3/c1-8-3-2-4-9(5-8)11-6-10(13(16)17)7-14-12(11)15/h6-9H,2-5H2,1H3,(H,14,15)(H,16,17). The van der Waals surface area contributed by atoms with Gasteiger partial charge in [0.1, 0.15) is 0 Å². The summed E-state index contributed by atoms with van der Waals surface area (Å²) in [4.78, 5) is 25.2. The molecular weight excluding hydrogens is 218 g/mol. The van der Waals surface area contributed by atoms with Crippen molar-refractivity contribution in [3.8, 4) is 0 Å². The smallest absolute Gasteiger partial charge is 0.337 e. The minimum absolute atomic E-state index is 0.144. The number of hydrogen-bond donors (Lipinski definition) is 2. The van der Waals surface area contributed by atoms with E-state index >= 15 is 0 Å². The van der Waals surface area contributed by atoms with Crippen molar-refractivity contribution in [2.24, 2.45) is 5.92 Å². The van der Waals surface area contributed by atoms with Crippen LogP contribution in [0.5, 0.6) is 0 Å². The summed E-state index contributed by atoms with van der Waals surface area (Å²) in [6.07, 6.45) is 5.54. The molecular formula is C13H17NO3. The SMILES string of the molecule is CC1CCCC(c2cc(C(=O)O)c[nH]c2=O)C1. The topological polar surface area (TPSA) is 70.2 Å². The molecule has 4 nitrogen and oxygen atoms in total. The van der Waals surface area contributed by atoms with Crippen molar-refractivity contribution in [3.63, 3.8) is 0 Å². The molecule has 0 saturated heterocycles. The molecule has 0 radical (unpaired) electrons. The summed E-state index contributed by atoms with van der Waals surface area (Å²) in [5.74, 6) is -0.171. The summed E-state index contributed by atoms with van der Waals surface area (Å²) in [6, 6.07) is 1.53. The number of rotatable bonds is 2. The second kappa shape index (κ2) is 4.73. The second-order valence-electron chi connectivity index (χ2n) is 4.95. The number of carboxylic acid groups (broad SMARTS) is 1. The molecule has 0 aromatic carbocycles. The first-order valence-electron chi connectivity index (χ1n) is 6.04. The molecule has 0 amide bonds. The normalized spacial score (nSPS) is 24.5. The molecule has 1 heterocycles. The number of pyridine rings is 1. The van der Waals surface area contributed by atoms with Gasteiger partial charge in [0.05, 0.1) is 5.56 Å². The number of aromatic nitrogens is 1. The zero-order chi connectivity index (χ0) is 12.4. The Morgan fingerprint density at radius 3 is 2.88 bits per heavy atom. The zero-order valence-corrected chi connectivity index (χ0v) is 9.90. The Labute approximate surface area is 99.7 Å². The number of H-pyrrole nitrogens is 1. The minimum Gasteiger partial charge on any atom is -0.478 e. The van der Waals surface area contributed by atoms with Crippen LogP contribution in [0.1, 0.15) is 54.4 Å². The maximum atomic E-state index is 11.8. The third kappa shape index (κ3) is 2.57. The van der Waals surface area contributed by atoms with Crippen LogP contribution in [-0.2, 0) is 0 Å². The van der Waals surface area contributed by atoms with E-state index in [0.29, 0.717) is 11.5 Å². The van der Waals surface area contributed by atoms with Crippen LogP contribution in [0.25, 0.3) is 0 Å². The lowest BCUT2D eigenvalue weighted by atomic mass is 9.79. The molecule has 0 spiro atoms. The lowest BCUT2D eigenvalue weighted by Gasteiger charge is -2.26. The fraction of sp³-hybridized carbons (Fsp3) is 0.538. The fourth-order valence-corrected chi connectivity index (χ4v) is 2.64. The summed E-state index contributed by atoms with van der Waals surface area (Å²) in [7, 11) is 0. The van der Waals surface area contributed by atoms with Crippen molar-refractivity contribution in [1.29, 1.82) is 0 Å². The Bertz CT molecular complexity index is 478. The maximum Gasteiger partial charge on any atom is 0.337 e. The largest absolute Gasteiger partial charge is 0.478 e. The molecule has 2 rings (SSSR count). The van der Waals surface area contributed by atoms with Gasteiger partial charge in [-0.1, -0.05) is 19.8 Å². The molecule has 2 N–H and O–H groups in total. The van der Waals surface area contributed by atoms with E-state index in [-0.39, 0.29) is 17.0 Å². The molecule has 0 aliphatic heterocycles. The van der Waals surface area contributed by atoms with Crippen molar-refractivity contribution in [2.75, 3.05) is 0 Å². The van der Waals surface area contributed by atoms with Crippen molar-refractivity contribution in [1.82, 2.24) is 4.98 Å². The molecule has 0 bridgehead atoms. The van der Waals surface area contributed by atoms with Crippen LogP contribution >= 0.6 is 0 Å². The van der Waals surface area contributed by atoms with Gasteiger partial charge < -0.3 is 10.1 Å². The van der Waals surface area contributed by atoms with Gasteiger partial charge >= 0.3 is 5.97 Å². The Hall–Kier alpha value is -1.58. The highest BCUT2D eigenvalue weighted by molar-refractivity contribution is 5.87. The van der Waals surface area contributed by atoms with E-state index < -0.39 is 5.97 Å². The van der Waals surface area contributed by atoms with Gasteiger partial charge in [-0.3, -0.25) is 4.79 Å². The molecule has 1 aliphatic carbocycles. The molecule has 1 fully saturated rings. The van der Waals surface area contributed by atoms with E-state index in [9.17, 15) is 9.59 Å². The lowest BCUT2D eigenvalue weighted by Crippen LogP contribution is -2.21. The number of nitrogens with one attached hydrogen (secondary N) is 1. The monoisotopic (exact) mass is 235 g/mol. The molecule has 1 saturated carbocycles. The van der Waals surface area contributed by atoms with Gasteiger partial charge in [-0.2, -0.15) is 0 Å². The van der Waals surface area contributed by atoms with Crippen LogP contribution in [0.4, 0.5) is 0 Å². The zero-order valence-electron chi connectivity index (χ0n) is 9.90. The molecule has 1 aromatic rings. The van der Waals surface area contributed by atoms with Crippen molar-refractivity contribution in [3.05, 3.63) is 33.7 Å². The van der Waals surface area contributed by atoms with E-state index in [0.717, 1.165) is 19.3 Å². The van der Waals surface area contributed by atoms with E-state index in [2.05, 4.69) is 11.9 Å². The van der Waals surface area contributed by atoms with Crippen LogP contribution in [0, 0.1) is 5.92 Å². The first-order chi connectivity index (χ1) is 8.08. The van der Waals surface area contributed by atoms with Gasteiger partial charge in [0.15, 0.2) is 0 Å². The fourth-order valence-electron chi connectivity index (χ4n) is 2.64. The molecule has 92 valence electrons. The Kier molecular flexibility index (Phi) is 3.31. The summed E-state index contributed by atoms with van der Waals surface area (Å²) < 4.78 is 0. The van der Waals surface area contributed by atoms with E-state index in [1.807, 2.05) is 0 Å². The first-order valence-corrected chi connectivity index (χ1v) is 6.04. The summed E-state index contributed by atoms with van der Waals surface area (Å²) in [6.45, 7) is 2.18. The highest BCUT2D eigenvalue weighted by Gasteiger charge is 2.23. The van der Waals surface area contributed by atoms with E-state index in [1.54, 1.807) is 0 Å². The number of hydrogen-bond acceptors (Lipinski definition) is 2. The van der Waals surface area contributed by atoms with Crippen LogP contribution in [0.3, 0.4) is 0 Å². The quantitative estimate of drug-likeness (QED) is 0.826. The van der Waals surface area contributed by atoms with Gasteiger partial charge in [0.25, 0.3) is 5.56 Å². The van der Waals surface area contributed by atoms with E-state index in [4.69, 9.17) is 5.11 Å². The number of carbonyl (C=O) groups is 1. The number of aromatic carboxylic acids is 1. The number of carboxylic acids is 1. The molecule has 17 heavy (non-hydrogen) atoms. The maximum absolute atomic E-state index is 11.8.